The molecule has 0 radical (unpaired) electrons. The molecule has 1 aromatic heterocycles. The fraction of sp³-hybridized carbons (Fsp3) is 0.0154. The maximum atomic E-state index is 10.1. The largest absolute Gasteiger partial charge is 0.208 e. The van der Waals surface area contributed by atoms with E-state index in [1.54, 1.807) is 0 Å². The predicted octanol–water partition coefficient (Wildman–Crippen LogP) is 15.8. The van der Waals surface area contributed by atoms with Crippen molar-refractivity contribution in [2.45, 2.75) is 5.41 Å². The standard InChI is InChI=1S/C65H40N4/c66-41-42-27-33-60-56(35-42)57-40-50(32-34-61(57)65(60)58-25-12-10-23-54(58)55-24-11-13-26-59(55)65)49-22-14-21-48(36-49)45-28-30-47(31-29-45)63-67-62(46-19-8-3-9-20-46)68-64(69-63)53-38-51(43-15-4-1-5-16-43)37-52(39-53)44-17-6-2-7-18-44/h1-40H. The molecule has 11 aromatic rings. The highest BCUT2D eigenvalue weighted by atomic mass is 15.0. The molecular weight excluding hydrogens is 837 g/mol. The Hall–Kier alpha value is -9.30. The summed E-state index contributed by atoms with van der Waals surface area (Å²) in [6.07, 6.45) is 0. The fourth-order valence-corrected chi connectivity index (χ4v) is 10.8. The molecule has 2 aliphatic rings. The number of nitrogens with zero attached hydrogens (tertiary/aromatic N) is 4. The topological polar surface area (TPSA) is 62.5 Å². The minimum absolute atomic E-state index is 0.466. The van der Waals surface area contributed by atoms with Crippen molar-refractivity contribution in [1.29, 1.82) is 5.26 Å². The second-order valence-corrected chi connectivity index (χ2v) is 17.8. The Labute approximate surface area is 401 Å². The lowest BCUT2D eigenvalue weighted by molar-refractivity contribution is 0.794. The third-order valence-electron chi connectivity index (χ3n) is 14.0. The third-order valence-corrected chi connectivity index (χ3v) is 14.0. The number of nitriles is 1. The van der Waals surface area contributed by atoms with Crippen molar-refractivity contribution in [2.24, 2.45) is 0 Å². The molecule has 1 heterocycles. The maximum Gasteiger partial charge on any atom is 0.164 e. The normalized spacial score (nSPS) is 12.4. The van der Waals surface area contributed by atoms with E-state index in [-0.39, 0.29) is 0 Å². The molecule has 1 spiro atoms. The molecule has 0 atom stereocenters. The van der Waals surface area contributed by atoms with Crippen molar-refractivity contribution in [2.75, 3.05) is 0 Å². The van der Waals surface area contributed by atoms with Crippen LogP contribution in [0.4, 0.5) is 0 Å². The Kier molecular flexibility index (Phi) is 9.42. The molecule has 0 bridgehead atoms. The zero-order chi connectivity index (χ0) is 45.9. The molecular formula is C65H40N4. The van der Waals surface area contributed by atoms with Gasteiger partial charge in [0.05, 0.1) is 17.0 Å². The first-order chi connectivity index (χ1) is 34.1. The molecule has 69 heavy (non-hydrogen) atoms. The number of fused-ring (bicyclic) bond motifs is 10. The van der Waals surface area contributed by atoms with Gasteiger partial charge in [0.1, 0.15) is 0 Å². The summed E-state index contributed by atoms with van der Waals surface area (Å²) in [5.41, 5.74) is 21.6. The first-order valence-corrected chi connectivity index (χ1v) is 23.3. The average molecular weight is 877 g/mol. The molecule has 4 heteroatoms. The molecule has 4 nitrogen and oxygen atoms in total. The van der Waals surface area contributed by atoms with Gasteiger partial charge >= 0.3 is 0 Å². The van der Waals surface area contributed by atoms with Crippen molar-refractivity contribution < 1.29 is 0 Å². The van der Waals surface area contributed by atoms with E-state index in [1.165, 1.54) is 33.4 Å². The number of hydrogen-bond donors (Lipinski definition) is 0. The van der Waals surface area contributed by atoms with Crippen LogP contribution in [0.25, 0.3) is 101 Å². The van der Waals surface area contributed by atoms with Gasteiger partial charge in [0.15, 0.2) is 17.5 Å². The molecule has 0 aliphatic heterocycles. The summed E-state index contributed by atoms with van der Waals surface area (Å²) in [7, 11) is 0. The van der Waals surface area contributed by atoms with E-state index in [2.05, 4.69) is 200 Å². The molecule has 0 fully saturated rings. The quantitative estimate of drug-likeness (QED) is 0.160. The van der Waals surface area contributed by atoms with Crippen molar-refractivity contribution >= 4 is 0 Å². The van der Waals surface area contributed by atoms with Crippen LogP contribution in [-0.4, -0.2) is 15.0 Å². The Morgan fingerprint density at radius 3 is 1.20 bits per heavy atom. The highest BCUT2D eigenvalue weighted by Gasteiger charge is 2.51. The molecule has 0 unspecified atom stereocenters. The van der Waals surface area contributed by atoms with E-state index >= 15 is 0 Å². The van der Waals surface area contributed by atoms with Crippen LogP contribution in [0, 0.1) is 11.3 Å². The fourth-order valence-electron chi connectivity index (χ4n) is 10.8. The zero-order valence-electron chi connectivity index (χ0n) is 37.4. The van der Waals surface area contributed by atoms with Crippen LogP contribution in [0.5, 0.6) is 0 Å². The Balaban J connectivity index is 0.882. The monoisotopic (exact) mass is 876 g/mol. The van der Waals surface area contributed by atoms with Crippen molar-refractivity contribution in [3.63, 3.8) is 0 Å². The van der Waals surface area contributed by atoms with E-state index in [9.17, 15) is 5.26 Å². The minimum Gasteiger partial charge on any atom is -0.208 e. The first kappa shape index (κ1) is 40.0. The third kappa shape index (κ3) is 6.63. The zero-order valence-corrected chi connectivity index (χ0v) is 37.4. The van der Waals surface area contributed by atoms with E-state index < -0.39 is 5.41 Å². The summed E-state index contributed by atoms with van der Waals surface area (Å²) < 4.78 is 0. The molecule has 2 aliphatic carbocycles. The van der Waals surface area contributed by atoms with Crippen LogP contribution < -0.4 is 0 Å². The maximum absolute atomic E-state index is 10.1. The molecule has 0 N–H and O–H groups in total. The van der Waals surface area contributed by atoms with Gasteiger partial charge in [0.2, 0.25) is 0 Å². The van der Waals surface area contributed by atoms with Gasteiger partial charge in [-0.05, 0) is 131 Å². The summed E-state index contributed by atoms with van der Waals surface area (Å²) in [4.78, 5) is 15.4. The molecule has 0 saturated heterocycles. The van der Waals surface area contributed by atoms with Crippen LogP contribution in [-0.2, 0) is 5.41 Å². The lowest BCUT2D eigenvalue weighted by Gasteiger charge is -2.30. The second-order valence-electron chi connectivity index (χ2n) is 17.8. The lowest BCUT2D eigenvalue weighted by atomic mass is 9.70. The van der Waals surface area contributed by atoms with Crippen molar-refractivity contribution in [1.82, 2.24) is 15.0 Å². The average Bonchev–Trinajstić information content (AvgIpc) is 3.90. The minimum atomic E-state index is -0.466. The number of benzene rings is 10. The van der Waals surface area contributed by atoms with Crippen molar-refractivity contribution in [3.8, 4) is 107 Å². The highest BCUT2D eigenvalue weighted by molar-refractivity contribution is 5.96. The van der Waals surface area contributed by atoms with Crippen LogP contribution in [0.1, 0.15) is 27.8 Å². The lowest BCUT2D eigenvalue weighted by Crippen LogP contribution is -2.25. The number of aromatic nitrogens is 3. The van der Waals surface area contributed by atoms with Crippen LogP contribution in [0.2, 0.25) is 0 Å². The second kappa shape index (κ2) is 16.2. The summed E-state index contributed by atoms with van der Waals surface area (Å²) in [6.45, 7) is 0. The van der Waals surface area contributed by atoms with Gasteiger partial charge in [0, 0.05) is 16.7 Å². The van der Waals surface area contributed by atoms with E-state index in [1.807, 2.05) is 48.5 Å². The van der Waals surface area contributed by atoms with Gasteiger partial charge in [-0.15, -0.1) is 0 Å². The Morgan fingerprint density at radius 2 is 0.623 bits per heavy atom. The summed E-state index contributed by atoms with van der Waals surface area (Å²) in [6, 6.07) is 88.1. The van der Waals surface area contributed by atoms with Gasteiger partial charge in [-0.2, -0.15) is 5.26 Å². The Bertz CT molecular complexity index is 3730. The van der Waals surface area contributed by atoms with Gasteiger partial charge in [0.25, 0.3) is 0 Å². The van der Waals surface area contributed by atoms with Crippen LogP contribution in [0.3, 0.4) is 0 Å². The van der Waals surface area contributed by atoms with Gasteiger partial charge in [-0.1, -0.05) is 200 Å². The molecule has 10 aromatic carbocycles. The van der Waals surface area contributed by atoms with E-state index in [0.29, 0.717) is 23.0 Å². The summed E-state index contributed by atoms with van der Waals surface area (Å²) in [5.74, 6) is 1.83. The summed E-state index contributed by atoms with van der Waals surface area (Å²) >= 11 is 0. The highest BCUT2D eigenvalue weighted by Crippen LogP contribution is 2.63. The summed E-state index contributed by atoms with van der Waals surface area (Å²) in [5, 5.41) is 10.1. The van der Waals surface area contributed by atoms with Gasteiger partial charge in [-0.3, -0.25) is 0 Å². The number of hydrogen-bond acceptors (Lipinski definition) is 4. The smallest absolute Gasteiger partial charge is 0.164 e. The van der Waals surface area contributed by atoms with Crippen LogP contribution in [0.15, 0.2) is 243 Å². The first-order valence-electron chi connectivity index (χ1n) is 23.3. The van der Waals surface area contributed by atoms with E-state index in [0.717, 1.165) is 72.3 Å². The predicted molar refractivity (Wildman–Crippen MR) is 279 cm³/mol. The molecule has 0 amide bonds. The van der Waals surface area contributed by atoms with E-state index in [4.69, 9.17) is 15.0 Å². The van der Waals surface area contributed by atoms with Gasteiger partial charge in [-0.25, -0.2) is 15.0 Å². The Morgan fingerprint density at radius 1 is 0.261 bits per heavy atom. The molecule has 13 rings (SSSR count). The van der Waals surface area contributed by atoms with Crippen molar-refractivity contribution in [3.05, 3.63) is 270 Å². The SMILES string of the molecule is N#Cc1ccc2c(c1)-c1cc(-c3cccc(-c4ccc(-c5nc(-c6ccccc6)nc(-c6cc(-c7ccccc7)cc(-c7ccccc7)c6)n5)cc4)c3)ccc1C21c2ccccc2-c2ccccc21. The molecule has 320 valence electrons. The van der Waals surface area contributed by atoms with Crippen LogP contribution >= 0.6 is 0 Å². The number of rotatable bonds is 7. The van der Waals surface area contributed by atoms with Gasteiger partial charge < -0.3 is 0 Å². The molecule has 0 saturated carbocycles.